The van der Waals surface area contributed by atoms with Crippen molar-refractivity contribution < 1.29 is 14.3 Å². The van der Waals surface area contributed by atoms with E-state index in [-0.39, 0.29) is 24.7 Å². The number of H-pyrrole nitrogens is 1. The van der Waals surface area contributed by atoms with Crippen molar-refractivity contribution in [1.82, 2.24) is 15.3 Å². The fourth-order valence-electron chi connectivity index (χ4n) is 3.27. The molecule has 2 aromatic carbocycles. The number of carbonyl (C=O) groups is 1. The number of carbonyl (C=O) groups excluding carboxylic acids is 1. The van der Waals surface area contributed by atoms with Crippen LogP contribution in [0.25, 0.3) is 11.0 Å². The molecule has 1 aliphatic heterocycles. The van der Waals surface area contributed by atoms with Crippen LogP contribution < -0.4 is 14.8 Å². The number of aromatic amines is 1. The number of amides is 1. The SMILES string of the molecule is CC(C)[C@@H](NC(=O)CCc1ccc2c(c1)OCO2)c1nc2ccccc2[nH]1. The van der Waals surface area contributed by atoms with Gasteiger partial charge in [-0.15, -0.1) is 0 Å². The second-order valence-corrected chi connectivity index (χ2v) is 7.12. The molecule has 0 saturated heterocycles. The Kier molecular flexibility index (Phi) is 4.71. The Morgan fingerprint density at radius 3 is 2.81 bits per heavy atom. The van der Waals surface area contributed by atoms with Crippen LogP contribution in [-0.4, -0.2) is 22.7 Å². The van der Waals surface area contributed by atoms with Gasteiger partial charge in [-0.3, -0.25) is 4.79 Å². The Morgan fingerprint density at radius 2 is 2.00 bits per heavy atom. The summed E-state index contributed by atoms with van der Waals surface area (Å²) in [5.74, 6) is 2.53. The van der Waals surface area contributed by atoms with Crippen molar-refractivity contribution in [1.29, 1.82) is 0 Å². The van der Waals surface area contributed by atoms with Gasteiger partial charge in [0.15, 0.2) is 11.5 Å². The van der Waals surface area contributed by atoms with Crippen LogP contribution in [-0.2, 0) is 11.2 Å². The van der Waals surface area contributed by atoms with Crippen molar-refractivity contribution >= 4 is 16.9 Å². The lowest BCUT2D eigenvalue weighted by Crippen LogP contribution is -2.32. The van der Waals surface area contributed by atoms with Crippen LogP contribution in [0.2, 0.25) is 0 Å². The third kappa shape index (κ3) is 3.74. The molecule has 4 rings (SSSR count). The van der Waals surface area contributed by atoms with E-state index in [0.717, 1.165) is 33.9 Å². The summed E-state index contributed by atoms with van der Waals surface area (Å²) in [5.41, 5.74) is 2.94. The summed E-state index contributed by atoms with van der Waals surface area (Å²) in [6.07, 6.45) is 1.05. The van der Waals surface area contributed by atoms with Crippen molar-refractivity contribution in [2.24, 2.45) is 5.92 Å². The molecule has 3 aromatic rings. The number of nitrogens with one attached hydrogen (secondary N) is 2. The molecule has 140 valence electrons. The molecule has 0 saturated carbocycles. The molecule has 0 aliphatic carbocycles. The first-order valence-corrected chi connectivity index (χ1v) is 9.22. The number of nitrogens with zero attached hydrogens (tertiary/aromatic N) is 1. The van der Waals surface area contributed by atoms with Crippen LogP contribution in [0, 0.1) is 5.92 Å². The number of hydrogen-bond acceptors (Lipinski definition) is 4. The van der Waals surface area contributed by atoms with Gasteiger partial charge in [-0.05, 0) is 42.2 Å². The monoisotopic (exact) mass is 365 g/mol. The van der Waals surface area contributed by atoms with E-state index in [1.54, 1.807) is 0 Å². The van der Waals surface area contributed by atoms with E-state index in [1.165, 1.54) is 0 Å². The Labute approximate surface area is 157 Å². The summed E-state index contributed by atoms with van der Waals surface area (Å²) in [6, 6.07) is 13.5. The Balaban J connectivity index is 1.41. The molecular formula is C21H23N3O3. The third-order valence-corrected chi connectivity index (χ3v) is 4.76. The molecule has 6 nitrogen and oxygen atoms in total. The van der Waals surface area contributed by atoms with E-state index in [0.29, 0.717) is 12.8 Å². The van der Waals surface area contributed by atoms with Gasteiger partial charge >= 0.3 is 0 Å². The number of ether oxygens (including phenoxy) is 2. The van der Waals surface area contributed by atoms with Crippen molar-refractivity contribution in [3.8, 4) is 11.5 Å². The molecular weight excluding hydrogens is 342 g/mol. The quantitative estimate of drug-likeness (QED) is 0.698. The molecule has 0 fully saturated rings. The van der Waals surface area contributed by atoms with Crippen LogP contribution in [0.5, 0.6) is 11.5 Å². The average Bonchev–Trinajstić information content (AvgIpc) is 3.29. The van der Waals surface area contributed by atoms with E-state index >= 15 is 0 Å². The van der Waals surface area contributed by atoms with Crippen LogP contribution in [0.1, 0.15) is 37.7 Å². The molecule has 2 heterocycles. The fraction of sp³-hybridized carbons (Fsp3) is 0.333. The number of imidazole rings is 1. The zero-order chi connectivity index (χ0) is 18.8. The van der Waals surface area contributed by atoms with Crippen molar-refractivity contribution in [3.05, 3.63) is 53.9 Å². The van der Waals surface area contributed by atoms with Gasteiger partial charge in [-0.25, -0.2) is 4.98 Å². The number of para-hydroxylation sites is 2. The number of hydrogen-bond donors (Lipinski definition) is 2. The van der Waals surface area contributed by atoms with E-state index in [1.807, 2.05) is 42.5 Å². The van der Waals surface area contributed by atoms with Crippen LogP contribution in [0.15, 0.2) is 42.5 Å². The largest absolute Gasteiger partial charge is 0.454 e. The minimum Gasteiger partial charge on any atom is -0.454 e. The molecule has 1 aliphatic rings. The highest BCUT2D eigenvalue weighted by Gasteiger charge is 2.22. The lowest BCUT2D eigenvalue weighted by Gasteiger charge is -2.20. The molecule has 1 atom stereocenters. The van der Waals surface area contributed by atoms with E-state index in [9.17, 15) is 4.79 Å². The summed E-state index contributed by atoms with van der Waals surface area (Å²) >= 11 is 0. The minimum absolute atomic E-state index is 0.00632. The fourth-order valence-corrected chi connectivity index (χ4v) is 3.27. The highest BCUT2D eigenvalue weighted by atomic mass is 16.7. The molecule has 1 amide bonds. The van der Waals surface area contributed by atoms with Gasteiger partial charge in [0.05, 0.1) is 17.1 Å². The van der Waals surface area contributed by atoms with Gasteiger partial charge in [-0.1, -0.05) is 32.0 Å². The number of fused-ring (bicyclic) bond motifs is 2. The maximum atomic E-state index is 12.5. The van der Waals surface area contributed by atoms with E-state index in [4.69, 9.17) is 9.47 Å². The molecule has 1 aromatic heterocycles. The topological polar surface area (TPSA) is 76.2 Å². The second-order valence-electron chi connectivity index (χ2n) is 7.12. The second kappa shape index (κ2) is 7.31. The van der Waals surface area contributed by atoms with Gasteiger partial charge in [0.25, 0.3) is 0 Å². The lowest BCUT2D eigenvalue weighted by atomic mass is 10.0. The van der Waals surface area contributed by atoms with Gasteiger partial charge in [0.2, 0.25) is 12.7 Å². The Bertz CT molecular complexity index is 931. The number of aryl methyl sites for hydroxylation is 1. The molecule has 2 N–H and O–H groups in total. The first-order valence-electron chi connectivity index (χ1n) is 9.22. The highest BCUT2D eigenvalue weighted by Crippen LogP contribution is 2.32. The molecule has 0 spiro atoms. The third-order valence-electron chi connectivity index (χ3n) is 4.76. The zero-order valence-electron chi connectivity index (χ0n) is 15.5. The summed E-state index contributed by atoms with van der Waals surface area (Å²) in [5, 5.41) is 3.13. The van der Waals surface area contributed by atoms with Crippen molar-refractivity contribution in [2.75, 3.05) is 6.79 Å². The maximum absolute atomic E-state index is 12.5. The van der Waals surface area contributed by atoms with Crippen LogP contribution >= 0.6 is 0 Å². The van der Waals surface area contributed by atoms with Crippen molar-refractivity contribution in [3.63, 3.8) is 0 Å². The summed E-state index contributed by atoms with van der Waals surface area (Å²) in [7, 11) is 0. The van der Waals surface area contributed by atoms with Gasteiger partial charge in [0, 0.05) is 6.42 Å². The van der Waals surface area contributed by atoms with Gasteiger partial charge in [-0.2, -0.15) is 0 Å². The lowest BCUT2D eigenvalue weighted by molar-refractivity contribution is -0.122. The standard InChI is InChI=1S/C21H23N3O3/c1-13(2)20(21-22-15-5-3-4-6-16(15)23-21)24-19(25)10-8-14-7-9-17-18(11-14)27-12-26-17/h3-7,9,11,13,20H,8,10,12H2,1-2H3,(H,22,23)(H,24,25)/t20-/m1/s1. The number of rotatable bonds is 6. The van der Waals surface area contributed by atoms with Crippen LogP contribution in [0.3, 0.4) is 0 Å². The Hall–Kier alpha value is -3.02. The number of aromatic nitrogens is 2. The van der Waals surface area contributed by atoms with Crippen LogP contribution in [0.4, 0.5) is 0 Å². The van der Waals surface area contributed by atoms with E-state index < -0.39 is 0 Å². The predicted octanol–water partition coefficient (Wildman–Crippen LogP) is 3.74. The summed E-state index contributed by atoms with van der Waals surface area (Å²) in [4.78, 5) is 20.5. The normalized spacial score (nSPS) is 13.9. The average molecular weight is 365 g/mol. The maximum Gasteiger partial charge on any atom is 0.231 e. The molecule has 27 heavy (non-hydrogen) atoms. The number of benzene rings is 2. The summed E-state index contributed by atoms with van der Waals surface area (Å²) in [6.45, 7) is 4.42. The highest BCUT2D eigenvalue weighted by molar-refractivity contribution is 5.77. The first kappa shape index (κ1) is 17.4. The molecule has 0 unspecified atom stereocenters. The van der Waals surface area contributed by atoms with Crippen molar-refractivity contribution in [2.45, 2.75) is 32.7 Å². The predicted molar refractivity (Wildman–Crippen MR) is 103 cm³/mol. The smallest absolute Gasteiger partial charge is 0.231 e. The Morgan fingerprint density at radius 1 is 1.19 bits per heavy atom. The zero-order valence-corrected chi connectivity index (χ0v) is 15.5. The molecule has 0 radical (unpaired) electrons. The molecule has 0 bridgehead atoms. The summed E-state index contributed by atoms with van der Waals surface area (Å²) < 4.78 is 10.7. The first-order chi connectivity index (χ1) is 13.1. The molecule has 6 heteroatoms. The minimum atomic E-state index is -0.151. The van der Waals surface area contributed by atoms with Gasteiger partial charge < -0.3 is 19.8 Å². The van der Waals surface area contributed by atoms with E-state index in [2.05, 4.69) is 29.1 Å². The van der Waals surface area contributed by atoms with Gasteiger partial charge in [0.1, 0.15) is 5.82 Å².